The molecule has 1 rings (SSSR count). The van der Waals surface area contributed by atoms with Gasteiger partial charge in [-0.3, -0.25) is 9.59 Å². The number of hydrogen-bond acceptors (Lipinski definition) is 7. The second-order valence-corrected chi connectivity index (χ2v) is 6.04. The van der Waals surface area contributed by atoms with Crippen molar-refractivity contribution in [3.8, 4) is 5.75 Å². The van der Waals surface area contributed by atoms with Crippen LogP contribution in [0.15, 0.2) is 36.4 Å². The predicted molar refractivity (Wildman–Crippen MR) is 98.5 cm³/mol. The van der Waals surface area contributed by atoms with E-state index >= 15 is 0 Å². The van der Waals surface area contributed by atoms with Gasteiger partial charge in [0.05, 0.1) is 18.8 Å². The summed E-state index contributed by atoms with van der Waals surface area (Å²) in [6.45, 7) is 8.73. The van der Waals surface area contributed by atoms with Gasteiger partial charge in [0, 0.05) is 26.7 Å². The number of rotatable bonds is 11. The van der Waals surface area contributed by atoms with E-state index in [4.69, 9.17) is 18.9 Å². The third-order valence-corrected chi connectivity index (χ3v) is 3.37. The first-order valence-corrected chi connectivity index (χ1v) is 8.63. The summed E-state index contributed by atoms with van der Waals surface area (Å²) in [5, 5.41) is 0. The Kier molecular flexibility index (Phi) is 9.64. The number of esters is 3. The molecule has 0 heterocycles. The largest absolute Gasteiger partial charge is 0.493 e. The van der Waals surface area contributed by atoms with Crippen LogP contribution < -0.4 is 4.74 Å². The minimum atomic E-state index is -0.575. The van der Waals surface area contributed by atoms with Crippen molar-refractivity contribution in [1.29, 1.82) is 0 Å². The Bertz CT molecular complexity index is 649. The highest BCUT2D eigenvalue weighted by atomic mass is 16.6. The minimum absolute atomic E-state index is 0.0206. The molecule has 1 aromatic carbocycles. The summed E-state index contributed by atoms with van der Waals surface area (Å²) in [6.07, 6.45) is 0.412. The van der Waals surface area contributed by atoms with Gasteiger partial charge < -0.3 is 18.9 Å². The molecule has 0 aliphatic heterocycles. The molecule has 0 spiro atoms. The predicted octanol–water partition coefficient (Wildman–Crippen LogP) is 3.07. The highest BCUT2D eigenvalue weighted by Gasteiger charge is 2.14. The number of carbonyl (C=O) groups excluding carboxylic acids is 3. The Labute approximate surface area is 159 Å². The third-order valence-electron chi connectivity index (χ3n) is 3.37. The molecule has 7 nitrogen and oxygen atoms in total. The van der Waals surface area contributed by atoms with Crippen LogP contribution >= 0.6 is 0 Å². The fourth-order valence-corrected chi connectivity index (χ4v) is 2.02. The van der Waals surface area contributed by atoms with Gasteiger partial charge in [-0.25, -0.2) is 4.79 Å². The highest BCUT2D eigenvalue weighted by Crippen LogP contribution is 2.14. The lowest BCUT2D eigenvalue weighted by Crippen LogP contribution is -2.25. The molecule has 0 amide bonds. The van der Waals surface area contributed by atoms with Crippen LogP contribution in [-0.4, -0.2) is 43.8 Å². The molecule has 0 saturated heterocycles. The molecule has 0 bridgehead atoms. The van der Waals surface area contributed by atoms with Crippen molar-refractivity contribution in [2.75, 3.05) is 19.8 Å². The lowest BCUT2D eigenvalue weighted by molar-refractivity contribution is -0.156. The Hall–Kier alpha value is -2.83. The van der Waals surface area contributed by atoms with E-state index in [2.05, 4.69) is 6.58 Å². The van der Waals surface area contributed by atoms with Gasteiger partial charge >= 0.3 is 17.9 Å². The first kappa shape index (κ1) is 22.2. The van der Waals surface area contributed by atoms with E-state index in [0.29, 0.717) is 30.8 Å². The van der Waals surface area contributed by atoms with Crippen molar-refractivity contribution in [3.05, 3.63) is 42.0 Å². The van der Waals surface area contributed by atoms with Crippen LogP contribution in [0.25, 0.3) is 0 Å². The van der Waals surface area contributed by atoms with Crippen LogP contribution in [0.2, 0.25) is 0 Å². The van der Waals surface area contributed by atoms with E-state index in [0.717, 1.165) is 5.57 Å². The molecule has 1 aromatic rings. The Morgan fingerprint density at radius 2 is 1.63 bits per heavy atom. The van der Waals surface area contributed by atoms with Gasteiger partial charge in [0.1, 0.15) is 18.5 Å². The van der Waals surface area contributed by atoms with Gasteiger partial charge in [-0.1, -0.05) is 5.57 Å². The zero-order valence-corrected chi connectivity index (χ0v) is 16.0. The van der Waals surface area contributed by atoms with E-state index in [1.807, 2.05) is 6.92 Å². The van der Waals surface area contributed by atoms with Crippen LogP contribution in [0.4, 0.5) is 0 Å². The van der Waals surface area contributed by atoms with Crippen LogP contribution in [-0.2, 0) is 23.8 Å². The lowest BCUT2D eigenvalue weighted by Gasteiger charge is -2.17. The number of hydrogen-bond donors (Lipinski definition) is 0. The molecule has 0 radical (unpaired) electrons. The second kappa shape index (κ2) is 11.7. The third kappa shape index (κ3) is 10.0. The smallest absolute Gasteiger partial charge is 0.338 e. The molecule has 0 aromatic heterocycles. The Morgan fingerprint density at radius 3 is 2.19 bits per heavy atom. The molecule has 27 heavy (non-hydrogen) atoms. The molecule has 0 N–H and O–H groups in total. The topological polar surface area (TPSA) is 88.1 Å². The molecular formula is C20H26O7. The molecule has 7 heteroatoms. The molecule has 148 valence electrons. The summed E-state index contributed by atoms with van der Waals surface area (Å²) in [4.78, 5) is 33.9. The van der Waals surface area contributed by atoms with Crippen molar-refractivity contribution in [2.24, 2.45) is 0 Å². The highest BCUT2D eigenvalue weighted by molar-refractivity contribution is 5.89. The average Bonchev–Trinajstić information content (AvgIpc) is 2.59. The van der Waals surface area contributed by atoms with E-state index in [1.54, 1.807) is 24.3 Å². The SMILES string of the molecule is C=C(C)CCOC(=O)c1ccc(OCC[C@@H](COC(C)=O)OC(C)=O)cc1. The zero-order valence-electron chi connectivity index (χ0n) is 16.0. The normalized spacial score (nSPS) is 11.2. The summed E-state index contributed by atoms with van der Waals surface area (Å²) in [6, 6.07) is 6.53. The van der Waals surface area contributed by atoms with E-state index in [9.17, 15) is 14.4 Å². The van der Waals surface area contributed by atoms with Gasteiger partial charge in [0.2, 0.25) is 0 Å². The summed E-state index contributed by atoms with van der Waals surface area (Å²) in [5.41, 5.74) is 1.38. The van der Waals surface area contributed by atoms with Crippen LogP contribution in [0.1, 0.15) is 44.0 Å². The van der Waals surface area contributed by atoms with Crippen LogP contribution in [0.3, 0.4) is 0 Å². The van der Waals surface area contributed by atoms with Gasteiger partial charge in [0.15, 0.2) is 0 Å². The van der Waals surface area contributed by atoms with Crippen molar-refractivity contribution in [3.63, 3.8) is 0 Å². The van der Waals surface area contributed by atoms with E-state index in [1.165, 1.54) is 13.8 Å². The maximum Gasteiger partial charge on any atom is 0.338 e. The van der Waals surface area contributed by atoms with E-state index < -0.39 is 24.0 Å². The average molecular weight is 378 g/mol. The van der Waals surface area contributed by atoms with Crippen molar-refractivity contribution < 1.29 is 33.3 Å². The van der Waals surface area contributed by atoms with Crippen molar-refractivity contribution in [2.45, 2.75) is 39.7 Å². The van der Waals surface area contributed by atoms with E-state index in [-0.39, 0.29) is 13.2 Å². The first-order valence-electron chi connectivity index (χ1n) is 8.63. The Balaban J connectivity index is 2.45. The number of benzene rings is 1. The fraction of sp³-hybridized carbons (Fsp3) is 0.450. The first-order chi connectivity index (χ1) is 12.8. The van der Waals surface area contributed by atoms with Crippen molar-refractivity contribution >= 4 is 17.9 Å². The molecule has 0 aliphatic rings. The molecule has 0 unspecified atom stereocenters. The molecule has 0 saturated carbocycles. The quantitative estimate of drug-likeness (QED) is 0.332. The molecule has 1 atom stereocenters. The molecule has 0 fully saturated rings. The summed E-state index contributed by atoms with van der Waals surface area (Å²) >= 11 is 0. The maximum atomic E-state index is 11.9. The number of carbonyl (C=O) groups is 3. The summed E-state index contributed by atoms with van der Waals surface area (Å²) in [7, 11) is 0. The van der Waals surface area contributed by atoms with Gasteiger partial charge in [-0.2, -0.15) is 0 Å². The summed E-state index contributed by atoms with van der Waals surface area (Å²) in [5.74, 6) is -0.748. The van der Waals surface area contributed by atoms with Gasteiger partial charge in [-0.05, 0) is 31.2 Å². The molecular weight excluding hydrogens is 352 g/mol. The standard InChI is InChI=1S/C20H26O7/c1-14(2)9-11-25-20(23)17-5-7-18(8-6-17)24-12-10-19(27-16(4)22)13-26-15(3)21/h5-8,19H,1,9-13H2,2-4H3/t19-/m0/s1. The van der Waals surface area contributed by atoms with Crippen LogP contribution in [0.5, 0.6) is 5.75 Å². The minimum Gasteiger partial charge on any atom is -0.493 e. The second-order valence-electron chi connectivity index (χ2n) is 6.04. The van der Waals surface area contributed by atoms with Crippen molar-refractivity contribution in [1.82, 2.24) is 0 Å². The monoisotopic (exact) mass is 378 g/mol. The molecule has 0 aliphatic carbocycles. The lowest BCUT2D eigenvalue weighted by atomic mass is 10.2. The van der Waals surface area contributed by atoms with Crippen LogP contribution in [0, 0.1) is 0 Å². The Morgan fingerprint density at radius 1 is 0.963 bits per heavy atom. The fourth-order valence-electron chi connectivity index (χ4n) is 2.02. The summed E-state index contributed by atoms with van der Waals surface area (Å²) < 4.78 is 20.7. The number of ether oxygens (including phenoxy) is 4. The van der Waals surface area contributed by atoms with Gasteiger partial charge in [-0.15, -0.1) is 6.58 Å². The van der Waals surface area contributed by atoms with Gasteiger partial charge in [0.25, 0.3) is 0 Å². The zero-order chi connectivity index (χ0) is 20.2. The maximum absolute atomic E-state index is 11.9.